The molecule has 2 fully saturated rings. The van der Waals surface area contributed by atoms with Crippen LogP contribution in [0.1, 0.15) is 18.4 Å². The molecule has 1 aromatic carbocycles. The van der Waals surface area contributed by atoms with E-state index in [1.807, 2.05) is 4.90 Å². The molecule has 2 heterocycles. The average Bonchev–Trinajstić information content (AvgIpc) is 2.65. The molecule has 0 bridgehead atoms. The third-order valence-corrected chi connectivity index (χ3v) is 4.98. The first-order valence-corrected chi connectivity index (χ1v) is 9.14. The minimum absolute atomic E-state index is 0.117. The van der Waals surface area contributed by atoms with Crippen LogP contribution in [0.4, 0.5) is 4.39 Å². The quantitative estimate of drug-likeness (QED) is 0.783. The van der Waals surface area contributed by atoms with Gasteiger partial charge >= 0.3 is 0 Å². The van der Waals surface area contributed by atoms with E-state index in [0.29, 0.717) is 19.6 Å². The molecule has 0 unspecified atom stereocenters. The molecular formula is C19H27FN2O3. The van der Waals surface area contributed by atoms with Gasteiger partial charge in [0.2, 0.25) is 5.91 Å². The Morgan fingerprint density at radius 2 is 1.72 bits per heavy atom. The van der Waals surface area contributed by atoms with E-state index in [1.165, 1.54) is 12.1 Å². The highest BCUT2D eigenvalue weighted by atomic mass is 19.1. The zero-order valence-electron chi connectivity index (χ0n) is 14.7. The van der Waals surface area contributed by atoms with Crippen molar-refractivity contribution in [2.24, 2.45) is 0 Å². The van der Waals surface area contributed by atoms with Crippen LogP contribution in [0.3, 0.4) is 0 Å². The van der Waals surface area contributed by atoms with Crippen LogP contribution in [-0.2, 0) is 20.7 Å². The van der Waals surface area contributed by atoms with E-state index in [4.69, 9.17) is 9.47 Å². The molecule has 1 aromatic rings. The first-order valence-electron chi connectivity index (χ1n) is 9.14. The Kier molecular flexibility index (Phi) is 6.78. The van der Waals surface area contributed by atoms with E-state index in [-0.39, 0.29) is 17.8 Å². The number of benzene rings is 1. The number of hydrogen-bond acceptors (Lipinski definition) is 4. The molecule has 0 aliphatic carbocycles. The summed E-state index contributed by atoms with van der Waals surface area (Å²) in [6, 6.07) is 6.45. The summed E-state index contributed by atoms with van der Waals surface area (Å²) in [4.78, 5) is 17.3. The lowest BCUT2D eigenvalue weighted by molar-refractivity contribution is -0.135. The number of halogens is 1. The second kappa shape index (κ2) is 9.27. The van der Waals surface area contributed by atoms with Crippen LogP contribution in [0.2, 0.25) is 0 Å². The molecule has 5 nitrogen and oxygen atoms in total. The second-order valence-electron chi connectivity index (χ2n) is 6.69. The fourth-order valence-electron chi connectivity index (χ4n) is 3.46. The summed E-state index contributed by atoms with van der Waals surface area (Å²) in [6.07, 6.45) is 2.09. The summed E-state index contributed by atoms with van der Waals surface area (Å²) in [5.74, 6) is -0.156. The Hall–Kier alpha value is -1.50. The molecule has 0 spiro atoms. The largest absolute Gasteiger partial charge is 0.381 e. The van der Waals surface area contributed by atoms with Gasteiger partial charge < -0.3 is 14.4 Å². The molecule has 6 heteroatoms. The van der Waals surface area contributed by atoms with Crippen LogP contribution in [0.15, 0.2) is 24.3 Å². The normalized spacial score (nSPS) is 19.7. The average molecular weight is 350 g/mol. The Bertz CT molecular complexity index is 540. The topological polar surface area (TPSA) is 42.0 Å². The number of hydrogen-bond donors (Lipinski definition) is 0. The van der Waals surface area contributed by atoms with Crippen molar-refractivity contribution in [2.45, 2.75) is 25.3 Å². The maximum Gasteiger partial charge on any atom is 0.227 e. The van der Waals surface area contributed by atoms with Crippen LogP contribution in [0, 0.1) is 5.82 Å². The molecule has 3 rings (SSSR count). The summed E-state index contributed by atoms with van der Waals surface area (Å²) in [5, 5.41) is 0. The van der Waals surface area contributed by atoms with Crippen molar-refractivity contribution >= 4 is 5.91 Å². The van der Waals surface area contributed by atoms with Crippen LogP contribution in [0.25, 0.3) is 0 Å². The lowest BCUT2D eigenvalue weighted by atomic mass is 10.0. The van der Waals surface area contributed by atoms with E-state index in [2.05, 4.69) is 4.90 Å². The molecule has 2 aliphatic rings. The van der Waals surface area contributed by atoms with Crippen molar-refractivity contribution in [3.05, 3.63) is 35.6 Å². The number of carbonyl (C=O) groups excluding carboxylic acids is 1. The molecule has 2 aliphatic heterocycles. The van der Waals surface area contributed by atoms with Crippen molar-refractivity contribution in [1.29, 1.82) is 0 Å². The predicted molar refractivity (Wildman–Crippen MR) is 92.9 cm³/mol. The van der Waals surface area contributed by atoms with Gasteiger partial charge in [0.1, 0.15) is 5.82 Å². The van der Waals surface area contributed by atoms with E-state index < -0.39 is 0 Å². The zero-order valence-corrected chi connectivity index (χ0v) is 14.7. The van der Waals surface area contributed by atoms with Gasteiger partial charge in [-0.05, 0) is 30.5 Å². The number of amides is 1. The molecule has 0 N–H and O–H groups in total. The van der Waals surface area contributed by atoms with Crippen LogP contribution in [0.5, 0.6) is 0 Å². The summed E-state index contributed by atoms with van der Waals surface area (Å²) in [7, 11) is 0. The summed E-state index contributed by atoms with van der Waals surface area (Å²) < 4.78 is 23.9. The minimum Gasteiger partial charge on any atom is -0.381 e. The lowest BCUT2D eigenvalue weighted by Gasteiger charge is -2.36. The van der Waals surface area contributed by atoms with Crippen molar-refractivity contribution in [1.82, 2.24) is 9.80 Å². The number of ether oxygens (including phenoxy) is 2. The molecule has 138 valence electrons. The van der Waals surface area contributed by atoms with Gasteiger partial charge in [-0.1, -0.05) is 12.1 Å². The van der Waals surface area contributed by atoms with Gasteiger partial charge in [-0.3, -0.25) is 9.69 Å². The van der Waals surface area contributed by atoms with Gasteiger partial charge in [0.15, 0.2) is 0 Å². The fourth-order valence-corrected chi connectivity index (χ4v) is 3.46. The van der Waals surface area contributed by atoms with Crippen molar-refractivity contribution < 1.29 is 18.7 Å². The predicted octanol–water partition coefficient (Wildman–Crippen LogP) is 1.71. The van der Waals surface area contributed by atoms with Crippen molar-refractivity contribution in [3.8, 4) is 0 Å². The SMILES string of the molecule is O=C(Cc1ccc(F)cc1)N(CCN1CCOCC1)C1CCOCC1. The van der Waals surface area contributed by atoms with Gasteiger partial charge in [-0.25, -0.2) is 4.39 Å². The number of carbonyl (C=O) groups is 1. The van der Waals surface area contributed by atoms with E-state index >= 15 is 0 Å². The van der Waals surface area contributed by atoms with Gasteiger partial charge in [0.25, 0.3) is 0 Å². The van der Waals surface area contributed by atoms with Gasteiger partial charge in [-0.2, -0.15) is 0 Å². The lowest BCUT2D eigenvalue weighted by Crippen LogP contribution is -2.49. The smallest absolute Gasteiger partial charge is 0.227 e. The monoisotopic (exact) mass is 350 g/mol. The molecule has 25 heavy (non-hydrogen) atoms. The van der Waals surface area contributed by atoms with Crippen molar-refractivity contribution in [2.75, 3.05) is 52.6 Å². The van der Waals surface area contributed by atoms with Crippen LogP contribution >= 0.6 is 0 Å². The highest BCUT2D eigenvalue weighted by Gasteiger charge is 2.26. The molecular weight excluding hydrogens is 323 g/mol. The van der Waals surface area contributed by atoms with Gasteiger partial charge in [0, 0.05) is 45.4 Å². The Morgan fingerprint density at radius 1 is 1.08 bits per heavy atom. The zero-order chi connectivity index (χ0) is 17.5. The first kappa shape index (κ1) is 18.3. The number of morpholine rings is 1. The Balaban J connectivity index is 1.61. The van der Waals surface area contributed by atoms with Gasteiger partial charge in [-0.15, -0.1) is 0 Å². The van der Waals surface area contributed by atoms with Crippen molar-refractivity contribution in [3.63, 3.8) is 0 Å². The summed E-state index contributed by atoms with van der Waals surface area (Å²) >= 11 is 0. The molecule has 0 radical (unpaired) electrons. The molecule has 0 aromatic heterocycles. The fraction of sp³-hybridized carbons (Fsp3) is 0.632. The molecule has 2 saturated heterocycles. The highest BCUT2D eigenvalue weighted by Crippen LogP contribution is 2.17. The summed E-state index contributed by atoms with van der Waals surface area (Å²) in [6.45, 7) is 6.40. The second-order valence-corrected chi connectivity index (χ2v) is 6.69. The van der Waals surface area contributed by atoms with E-state index in [0.717, 1.165) is 57.8 Å². The maximum atomic E-state index is 13.1. The Labute approximate surface area is 148 Å². The highest BCUT2D eigenvalue weighted by molar-refractivity contribution is 5.79. The van der Waals surface area contributed by atoms with Gasteiger partial charge in [0.05, 0.1) is 19.6 Å². The molecule has 1 amide bonds. The maximum absolute atomic E-state index is 13.1. The first-order chi connectivity index (χ1) is 12.2. The Morgan fingerprint density at radius 3 is 2.40 bits per heavy atom. The van der Waals surface area contributed by atoms with E-state index in [1.54, 1.807) is 12.1 Å². The third kappa shape index (κ3) is 5.49. The number of rotatable bonds is 6. The number of nitrogens with zero attached hydrogens (tertiary/aromatic N) is 2. The van der Waals surface area contributed by atoms with Crippen LogP contribution < -0.4 is 0 Å². The minimum atomic E-state index is -0.273. The third-order valence-electron chi connectivity index (χ3n) is 4.98. The van der Waals surface area contributed by atoms with E-state index in [9.17, 15) is 9.18 Å². The van der Waals surface area contributed by atoms with Crippen LogP contribution in [-0.4, -0.2) is 74.4 Å². The summed E-state index contributed by atoms with van der Waals surface area (Å²) in [5.41, 5.74) is 0.856. The molecule has 0 atom stereocenters. The molecule has 0 saturated carbocycles. The standard InChI is InChI=1S/C19H27FN2O3/c20-17-3-1-16(2-4-17)15-19(23)22(18-5-11-24-12-6-18)8-7-21-9-13-25-14-10-21/h1-4,18H,5-15H2.